The van der Waals surface area contributed by atoms with E-state index in [1.807, 2.05) is 17.5 Å². The Kier molecular flexibility index (Phi) is 5.14. The molecule has 1 aliphatic heterocycles. The van der Waals surface area contributed by atoms with E-state index in [9.17, 15) is 14.7 Å². The van der Waals surface area contributed by atoms with Gasteiger partial charge in [0.05, 0.1) is 31.3 Å². The highest BCUT2D eigenvalue weighted by molar-refractivity contribution is 7.09. The van der Waals surface area contributed by atoms with Crippen molar-refractivity contribution < 1.29 is 19.4 Å². The summed E-state index contributed by atoms with van der Waals surface area (Å²) in [5, 5.41) is 12.1. The van der Waals surface area contributed by atoms with Crippen LogP contribution in [0, 0.1) is 5.41 Å². The van der Waals surface area contributed by atoms with Crippen LogP contribution in [0.5, 0.6) is 0 Å². The summed E-state index contributed by atoms with van der Waals surface area (Å²) < 4.78 is 5.47. The molecule has 5 nitrogen and oxygen atoms in total. The Bertz CT molecular complexity index is 551. The van der Waals surface area contributed by atoms with Crippen molar-refractivity contribution in [3.63, 3.8) is 0 Å². The molecule has 1 aromatic heterocycles. The van der Waals surface area contributed by atoms with Crippen molar-refractivity contribution >= 4 is 23.2 Å². The lowest BCUT2D eigenvalue weighted by Crippen LogP contribution is -2.42. The highest BCUT2D eigenvalue weighted by Gasteiger charge is 2.51. The lowest BCUT2D eigenvalue weighted by atomic mass is 9.73. The molecule has 1 atom stereocenters. The van der Waals surface area contributed by atoms with Crippen molar-refractivity contribution in [1.82, 2.24) is 4.90 Å². The fourth-order valence-electron chi connectivity index (χ4n) is 3.62. The second-order valence-electron chi connectivity index (χ2n) is 6.58. The molecule has 2 aliphatic rings. The van der Waals surface area contributed by atoms with E-state index in [-0.39, 0.29) is 25.0 Å². The molecule has 3 rings (SSSR count). The normalized spacial score (nSPS) is 22.0. The molecule has 2 fully saturated rings. The number of aliphatic hydroxyl groups excluding tert-OH is 1. The van der Waals surface area contributed by atoms with Crippen LogP contribution in [0.4, 0.5) is 0 Å². The van der Waals surface area contributed by atoms with Gasteiger partial charge in [0.25, 0.3) is 0 Å². The summed E-state index contributed by atoms with van der Waals surface area (Å²) in [7, 11) is 0. The molecule has 6 heteroatoms. The Morgan fingerprint density at radius 1 is 1.30 bits per heavy atom. The number of hydrogen-bond donors (Lipinski definition) is 1. The van der Waals surface area contributed by atoms with E-state index in [0.717, 1.165) is 37.0 Å². The Morgan fingerprint density at radius 3 is 2.78 bits per heavy atom. The van der Waals surface area contributed by atoms with E-state index in [1.165, 1.54) is 4.90 Å². The minimum atomic E-state index is -0.832. The molecule has 1 N–H and O–H groups in total. The lowest BCUT2D eigenvalue weighted by Gasteiger charge is -2.30. The predicted molar refractivity (Wildman–Crippen MR) is 86.8 cm³/mol. The van der Waals surface area contributed by atoms with Crippen LogP contribution in [-0.4, -0.2) is 41.1 Å². The molecule has 1 saturated carbocycles. The second kappa shape index (κ2) is 7.11. The molecule has 0 radical (unpaired) electrons. The van der Waals surface area contributed by atoms with Crippen molar-refractivity contribution in [2.75, 3.05) is 13.2 Å². The van der Waals surface area contributed by atoms with Gasteiger partial charge in [-0.1, -0.05) is 25.3 Å². The number of amides is 2. The molecule has 0 bridgehead atoms. The molecular formula is C17H23NO4S. The van der Waals surface area contributed by atoms with Crippen LogP contribution >= 0.6 is 11.3 Å². The van der Waals surface area contributed by atoms with Gasteiger partial charge in [0.1, 0.15) is 0 Å². The molecule has 23 heavy (non-hydrogen) atoms. The molecule has 126 valence electrons. The highest BCUT2D eigenvalue weighted by atomic mass is 32.1. The minimum Gasteiger partial charge on any atom is -0.389 e. The van der Waals surface area contributed by atoms with Crippen molar-refractivity contribution in [2.45, 2.75) is 51.2 Å². The van der Waals surface area contributed by atoms with Gasteiger partial charge >= 0.3 is 0 Å². The van der Waals surface area contributed by atoms with Crippen molar-refractivity contribution in [2.24, 2.45) is 5.41 Å². The standard InChI is InChI=1S/C17H23NO4S/c19-13(11-22-12-14-5-4-8-23-14)10-18-15(20)9-17(16(18)21)6-2-1-3-7-17/h4-5,8,13,19H,1-3,6-7,9-12H2. The summed E-state index contributed by atoms with van der Waals surface area (Å²) in [6, 6.07) is 3.92. The van der Waals surface area contributed by atoms with Crippen LogP contribution in [0.1, 0.15) is 43.4 Å². The van der Waals surface area contributed by atoms with Crippen LogP contribution in [-0.2, 0) is 20.9 Å². The van der Waals surface area contributed by atoms with Gasteiger partial charge in [-0.15, -0.1) is 11.3 Å². The monoisotopic (exact) mass is 337 g/mol. The van der Waals surface area contributed by atoms with E-state index in [4.69, 9.17) is 4.74 Å². The average molecular weight is 337 g/mol. The molecule has 0 aromatic carbocycles. The number of likely N-dealkylation sites (tertiary alicyclic amines) is 1. The zero-order valence-corrected chi connectivity index (χ0v) is 14.0. The Balaban J connectivity index is 1.50. The average Bonchev–Trinajstić information content (AvgIpc) is 3.12. The number of rotatable bonds is 6. The van der Waals surface area contributed by atoms with E-state index in [1.54, 1.807) is 11.3 Å². The summed E-state index contributed by atoms with van der Waals surface area (Å²) in [5.41, 5.74) is -0.479. The third-order valence-electron chi connectivity index (χ3n) is 4.83. The van der Waals surface area contributed by atoms with Crippen LogP contribution in [0.3, 0.4) is 0 Å². The number of ether oxygens (including phenoxy) is 1. The third-order valence-corrected chi connectivity index (χ3v) is 5.68. The lowest BCUT2D eigenvalue weighted by molar-refractivity contribution is -0.144. The molecule has 2 heterocycles. The van der Waals surface area contributed by atoms with Gasteiger partial charge in [-0.05, 0) is 24.3 Å². The first-order chi connectivity index (χ1) is 11.1. The topological polar surface area (TPSA) is 66.8 Å². The van der Waals surface area contributed by atoms with E-state index in [0.29, 0.717) is 13.0 Å². The molecule has 1 aliphatic carbocycles. The van der Waals surface area contributed by atoms with Crippen molar-refractivity contribution in [3.05, 3.63) is 22.4 Å². The van der Waals surface area contributed by atoms with Crippen LogP contribution in [0.2, 0.25) is 0 Å². The maximum Gasteiger partial charge on any atom is 0.235 e. The summed E-state index contributed by atoms with van der Waals surface area (Å²) in [6.07, 6.45) is 4.26. The van der Waals surface area contributed by atoms with E-state index >= 15 is 0 Å². The summed E-state index contributed by atoms with van der Waals surface area (Å²) in [6.45, 7) is 0.617. The third kappa shape index (κ3) is 3.65. The number of aliphatic hydroxyl groups is 1. The number of β-amino-alcohol motifs (C(OH)–C–C–N with tert-alkyl or cyclic N) is 1. The molecule has 1 saturated heterocycles. The number of imide groups is 1. The van der Waals surface area contributed by atoms with Gasteiger partial charge in [0.2, 0.25) is 11.8 Å². The van der Waals surface area contributed by atoms with E-state index < -0.39 is 11.5 Å². The highest BCUT2D eigenvalue weighted by Crippen LogP contribution is 2.45. The maximum atomic E-state index is 12.6. The van der Waals surface area contributed by atoms with Crippen LogP contribution < -0.4 is 0 Å². The SMILES string of the molecule is O=C1CC2(CCCCC2)C(=O)N1CC(O)COCc1cccs1. The van der Waals surface area contributed by atoms with Gasteiger partial charge in [-0.25, -0.2) is 0 Å². The number of carbonyl (C=O) groups excluding carboxylic acids is 2. The number of nitrogens with zero attached hydrogens (tertiary/aromatic N) is 1. The smallest absolute Gasteiger partial charge is 0.235 e. The maximum absolute atomic E-state index is 12.6. The van der Waals surface area contributed by atoms with Gasteiger partial charge in [-0.2, -0.15) is 0 Å². The first-order valence-corrected chi connectivity index (χ1v) is 9.12. The predicted octanol–water partition coefficient (Wildman–Crippen LogP) is 2.34. The Morgan fingerprint density at radius 2 is 2.09 bits per heavy atom. The second-order valence-corrected chi connectivity index (χ2v) is 7.61. The van der Waals surface area contributed by atoms with Crippen molar-refractivity contribution in [1.29, 1.82) is 0 Å². The molecule has 1 spiro atoms. The van der Waals surface area contributed by atoms with Crippen LogP contribution in [0.15, 0.2) is 17.5 Å². The molecule has 2 amide bonds. The number of carbonyl (C=O) groups is 2. The fraction of sp³-hybridized carbons (Fsp3) is 0.647. The van der Waals surface area contributed by atoms with Crippen molar-refractivity contribution in [3.8, 4) is 0 Å². The molecular weight excluding hydrogens is 314 g/mol. The summed E-state index contributed by atoms with van der Waals surface area (Å²) in [5.74, 6) is -0.228. The first kappa shape index (κ1) is 16.6. The zero-order valence-electron chi connectivity index (χ0n) is 13.2. The molecule has 1 unspecified atom stereocenters. The van der Waals surface area contributed by atoms with Gasteiger partial charge in [-0.3, -0.25) is 14.5 Å². The zero-order chi connectivity index (χ0) is 16.3. The largest absolute Gasteiger partial charge is 0.389 e. The first-order valence-electron chi connectivity index (χ1n) is 8.24. The summed E-state index contributed by atoms with van der Waals surface area (Å²) in [4.78, 5) is 27.2. The van der Waals surface area contributed by atoms with Crippen LogP contribution in [0.25, 0.3) is 0 Å². The van der Waals surface area contributed by atoms with Gasteiger partial charge in [0.15, 0.2) is 0 Å². The number of thiophene rings is 1. The Labute approximate surface area is 140 Å². The summed E-state index contributed by atoms with van der Waals surface area (Å²) >= 11 is 1.60. The minimum absolute atomic E-state index is 0.0455. The fourth-order valence-corrected chi connectivity index (χ4v) is 4.26. The van der Waals surface area contributed by atoms with E-state index in [2.05, 4.69) is 0 Å². The number of hydrogen-bond acceptors (Lipinski definition) is 5. The van der Waals surface area contributed by atoms with Gasteiger partial charge < -0.3 is 9.84 Å². The van der Waals surface area contributed by atoms with Gasteiger partial charge in [0, 0.05) is 11.3 Å². The Hall–Kier alpha value is -1.24. The molecule has 1 aromatic rings. The quantitative estimate of drug-likeness (QED) is 0.809.